The first kappa shape index (κ1) is 19.2. The van der Waals surface area contributed by atoms with E-state index in [4.69, 9.17) is 9.47 Å². The summed E-state index contributed by atoms with van der Waals surface area (Å²) in [6.45, 7) is 3.11. The second kappa shape index (κ2) is 8.80. The molecule has 0 aromatic heterocycles. The third kappa shape index (κ3) is 4.92. The van der Waals surface area contributed by atoms with Crippen molar-refractivity contribution in [2.24, 2.45) is 0 Å². The molecule has 2 amide bonds. The predicted octanol–water partition coefficient (Wildman–Crippen LogP) is 1.90. The van der Waals surface area contributed by atoms with Gasteiger partial charge in [0.2, 0.25) is 0 Å². The van der Waals surface area contributed by atoms with E-state index in [1.54, 1.807) is 19.9 Å². The molecule has 0 radical (unpaired) electrons. The van der Waals surface area contributed by atoms with Crippen molar-refractivity contribution in [1.29, 1.82) is 0 Å². The highest BCUT2D eigenvalue weighted by molar-refractivity contribution is 5.95. The molecule has 1 aromatic carbocycles. The zero-order valence-electron chi connectivity index (χ0n) is 14.4. The average Bonchev–Trinajstić information content (AvgIpc) is 2.58. The van der Waals surface area contributed by atoms with Crippen LogP contribution in [0.5, 0.6) is 0 Å². The average molecular weight is 362 g/mol. The second-order valence-corrected chi connectivity index (χ2v) is 5.40. The number of esters is 2. The van der Waals surface area contributed by atoms with Gasteiger partial charge in [0.1, 0.15) is 12.4 Å². The summed E-state index contributed by atoms with van der Waals surface area (Å²) < 4.78 is 23.5. The van der Waals surface area contributed by atoms with E-state index in [2.05, 4.69) is 10.6 Å². The van der Waals surface area contributed by atoms with Gasteiger partial charge in [0.15, 0.2) is 0 Å². The van der Waals surface area contributed by atoms with Gasteiger partial charge in [-0.15, -0.1) is 0 Å². The lowest BCUT2D eigenvalue weighted by Crippen LogP contribution is -2.50. The summed E-state index contributed by atoms with van der Waals surface area (Å²) in [7, 11) is 0. The van der Waals surface area contributed by atoms with E-state index in [1.807, 2.05) is 0 Å². The van der Waals surface area contributed by atoms with Crippen LogP contribution < -0.4 is 10.6 Å². The zero-order chi connectivity index (χ0) is 19.1. The molecule has 8 heteroatoms. The van der Waals surface area contributed by atoms with Gasteiger partial charge < -0.3 is 20.1 Å². The molecule has 0 aliphatic carbocycles. The van der Waals surface area contributed by atoms with E-state index in [0.717, 1.165) is 6.08 Å². The maximum absolute atomic E-state index is 13.5. The number of carbonyl (C=O) groups excluding carboxylic acids is 3. The van der Waals surface area contributed by atoms with Crippen LogP contribution in [0.15, 0.2) is 41.6 Å². The molecule has 2 N–H and O–H groups in total. The first-order chi connectivity index (χ1) is 12.4. The molecule has 1 aromatic rings. The predicted molar refractivity (Wildman–Crippen MR) is 91.2 cm³/mol. The van der Waals surface area contributed by atoms with Crippen molar-refractivity contribution >= 4 is 24.0 Å². The molecule has 1 heterocycles. The summed E-state index contributed by atoms with van der Waals surface area (Å²) in [5.41, 5.74) is 0.560. The summed E-state index contributed by atoms with van der Waals surface area (Å²) in [6.07, 6.45) is 2.34. The van der Waals surface area contributed by atoms with Crippen LogP contribution in [0.3, 0.4) is 0 Å². The number of urea groups is 1. The Morgan fingerprint density at radius 2 is 2.00 bits per heavy atom. The van der Waals surface area contributed by atoms with Gasteiger partial charge in [-0.25, -0.2) is 18.8 Å². The van der Waals surface area contributed by atoms with Crippen molar-refractivity contribution in [1.82, 2.24) is 10.6 Å². The summed E-state index contributed by atoms with van der Waals surface area (Å²) in [5.74, 6) is -1.83. The van der Waals surface area contributed by atoms with E-state index in [0.29, 0.717) is 0 Å². The number of hydrogen-bond acceptors (Lipinski definition) is 5. The van der Waals surface area contributed by atoms with Crippen LogP contribution in [-0.4, -0.2) is 37.2 Å². The van der Waals surface area contributed by atoms with Crippen molar-refractivity contribution < 1.29 is 28.2 Å². The van der Waals surface area contributed by atoms with Crippen LogP contribution >= 0.6 is 0 Å². The number of nitrogens with one attached hydrogen (secondary N) is 2. The first-order valence-electron chi connectivity index (χ1n) is 7.99. The molecule has 0 bridgehead atoms. The Morgan fingerprint density at radius 1 is 1.27 bits per heavy atom. The lowest BCUT2D eigenvalue weighted by Gasteiger charge is -2.26. The minimum atomic E-state index is -0.746. The number of halogens is 1. The van der Waals surface area contributed by atoms with Crippen LogP contribution in [0.2, 0.25) is 0 Å². The van der Waals surface area contributed by atoms with Gasteiger partial charge in [-0.05, 0) is 26.0 Å². The van der Waals surface area contributed by atoms with Crippen LogP contribution in [0, 0.1) is 5.82 Å². The number of hydrogen-bond donors (Lipinski definition) is 2. The number of amides is 2. The van der Waals surface area contributed by atoms with E-state index >= 15 is 0 Å². The molecular weight excluding hydrogens is 343 g/mol. The number of ether oxygens (including phenoxy) is 2. The molecule has 0 saturated heterocycles. The fraction of sp³-hybridized carbons (Fsp3) is 0.278. The normalized spacial score (nSPS) is 16.9. The molecule has 7 nitrogen and oxygen atoms in total. The Hall–Kier alpha value is -3.16. The molecule has 2 rings (SSSR count). The summed E-state index contributed by atoms with van der Waals surface area (Å²) in [5, 5.41) is 4.98. The highest BCUT2D eigenvalue weighted by Crippen LogP contribution is 2.15. The summed E-state index contributed by atoms with van der Waals surface area (Å²) >= 11 is 0. The largest absolute Gasteiger partial charge is 0.463 e. The molecule has 1 aliphatic rings. The Balaban J connectivity index is 2.08. The number of benzene rings is 1. The van der Waals surface area contributed by atoms with Gasteiger partial charge in [0.05, 0.1) is 23.9 Å². The van der Waals surface area contributed by atoms with E-state index in [-0.39, 0.29) is 30.0 Å². The van der Waals surface area contributed by atoms with Crippen molar-refractivity contribution in [3.05, 3.63) is 53.0 Å². The van der Waals surface area contributed by atoms with Crippen molar-refractivity contribution in [2.75, 3.05) is 13.2 Å². The minimum Gasteiger partial charge on any atom is -0.463 e. The third-order valence-electron chi connectivity index (χ3n) is 3.53. The third-order valence-corrected chi connectivity index (χ3v) is 3.53. The molecule has 1 aliphatic heterocycles. The maximum atomic E-state index is 13.5. The second-order valence-electron chi connectivity index (χ2n) is 5.40. The highest BCUT2D eigenvalue weighted by Gasteiger charge is 2.30. The maximum Gasteiger partial charge on any atom is 0.338 e. The lowest BCUT2D eigenvalue weighted by atomic mass is 10.0. The first-order valence-corrected chi connectivity index (χ1v) is 7.99. The van der Waals surface area contributed by atoms with Gasteiger partial charge in [-0.1, -0.05) is 18.2 Å². The fourth-order valence-electron chi connectivity index (χ4n) is 2.35. The summed E-state index contributed by atoms with van der Waals surface area (Å²) in [4.78, 5) is 35.5. The van der Waals surface area contributed by atoms with Crippen molar-refractivity contribution in [2.45, 2.75) is 19.9 Å². The Morgan fingerprint density at radius 3 is 2.69 bits per heavy atom. The van der Waals surface area contributed by atoms with Gasteiger partial charge in [-0.2, -0.15) is 0 Å². The van der Waals surface area contributed by atoms with Crippen LogP contribution in [0.25, 0.3) is 6.08 Å². The SMILES string of the molecule is CCOC(=O)C1=C(COC(=O)/C=C/c2ccccc2F)NC(=O)N[C@H]1C. The standard InChI is InChI=1S/C18H19FN2O5/c1-3-25-17(23)16-11(2)20-18(24)21-14(16)10-26-15(22)9-8-12-6-4-5-7-13(12)19/h4-9,11H,3,10H2,1-2H3,(H2,20,21,24)/b9-8+/t11-/m0/s1. The Labute approximate surface area is 149 Å². The quantitative estimate of drug-likeness (QED) is 0.595. The van der Waals surface area contributed by atoms with Gasteiger partial charge >= 0.3 is 18.0 Å². The van der Waals surface area contributed by atoms with E-state index < -0.39 is 29.8 Å². The van der Waals surface area contributed by atoms with Gasteiger partial charge in [0, 0.05) is 11.6 Å². The summed E-state index contributed by atoms with van der Waals surface area (Å²) in [6, 6.07) is 4.85. The molecule has 0 fully saturated rings. The van der Waals surface area contributed by atoms with Gasteiger partial charge in [0.25, 0.3) is 0 Å². The fourth-order valence-corrected chi connectivity index (χ4v) is 2.35. The molecular formula is C18H19FN2O5. The minimum absolute atomic E-state index is 0.146. The van der Waals surface area contributed by atoms with Crippen LogP contribution in [0.1, 0.15) is 19.4 Å². The molecule has 0 spiro atoms. The van der Waals surface area contributed by atoms with Crippen molar-refractivity contribution in [3.63, 3.8) is 0 Å². The Kier molecular flexibility index (Phi) is 6.48. The Bertz CT molecular complexity index is 773. The molecule has 26 heavy (non-hydrogen) atoms. The zero-order valence-corrected chi connectivity index (χ0v) is 14.4. The molecule has 0 unspecified atom stereocenters. The monoisotopic (exact) mass is 362 g/mol. The molecule has 0 saturated carbocycles. The highest BCUT2D eigenvalue weighted by atomic mass is 19.1. The molecule has 1 atom stereocenters. The smallest absolute Gasteiger partial charge is 0.338 e. The van der Waals surface area contributed by atoms with E-state index in [9.17, 15) is 18.8 Å². The molecule has 138 valence electrons. The van der Waals surface area contributed by atoms with Gasteiger partial charge in [-0.3, -0.25) is 0 Å². The topological polar surface area (TPSA) is 93.7 Å². The number of carbonyl (C=O) groups is 3. The van der Waals surface area contributed by atoms with Crippen LogP contribution in [0.4, 0.5) is 9.18 Å². The van der Waals surface area contributed by atoms with E-state index in [1.165, 1.54) is 24.3 Å². The van der Waals surface area contributed by atoms with Crippen LogP contribution in [-0.2, 0) is 19.1 Å². The van der Waals surface area contributed by atoms with Crippen molar-refractivity contribution in [3.8, 4) is 0 Å². The lowest BCUT2D eigenvalue weighted by molar-refractivity contribution is -0.140. The number of rotatable bonds is 6.